The van der Waals surface area contributed by atoms with E-state index in [2.05, 4.69) is 20.3 Å². The molecule has 0 unspecified atom stereocenters. The van der Waals surface area contributed by atoms with Crippen LogP contribution in [0.4, 0.5) is 11.8 Å². The number of nitrogens with zero attached hydrogens (tertiary/aromatic N) is 4. The summed E-state index contributed by atoms with van der Waals surface area (Å²) in [7, 11) is -4.19. The second-order valence-electron chi connectivity index (χ2n) is 6.40. The number of nitrogens with two attached hydrogens (primary N) is 1. The van der Waals surface area contributed by atoms with Gasteiger partial charge in [0.05, 0.1) is 19.0 Å². The minimum Gasteiger partial charge on any atom is -0.368 e. The minimum absolute atomic E-state index is 0.151. The molecule has 0 aliphatic heterocycles. The topological polar surface area (TPSA) is 148 Å². The number of hydrogen-bond acceptors (Lipinski definition) is 7. The van der Waals surface area contributed by atoms with Crippen LogP contribution in [0.5, 0.6) is 0 Å². The van der Waals surface area contributed by atoms with Crippen molar-refractivity contribution in [1.29, 1.82) is 0 Å². The van der Waals surface area contributed by atoms with Crippen molar-refractivity contribution >= 4 is 30.5 Å². The average Bonchev–Trinajstić information content (AvgIpc) is 3.15. The first kappa shape index (κ1) is 18.1. The number of ether oxygens (including phenoxy) is 1. The highest BCUT2D eigenvalue weighted by Gasteiger charge is 2.20. The third-order valence-corrected chi connectivity index (χ3v) is 4.64. The molecule has 0 aromatic carbocycles. The van der Waals surface area contributed by atoms with E-state index in [1.165, 1.54) is 12.8 Å². The molecular weight excluding hydrogens is 347 g/mol. The smallest absolute Gasteiger partial charge is 0.350 e. The lowest BCUT2D eigenvalue weighted by Crippen LogP contribution is -2.18. The molecule has 0 bridgehead atoms. The first-order valence-electron chi connectivity index (χ1n) is 8.23. The minimum atomic E-state index is -4.19. The summed E-state index contributed by atoms with van der Waals surface area (Å²) in [6.07, 6.45) is 5.16. The van der Waals surface area contributed by atoms with E-state index in [0.29, 0.717) is 29.6 Å². The largest absolute Gasteiger partial charge is 0.368 e. The zero-order valence-electron chi connectivity index (χ0n) is 14.0. The Hall–Kier alpha value is -1.74. The second kappa shape index (κ2) is 7.25. The van der Waals surface area contributed by atoms with Crippen molar-refractivity contribution < 1.29 is 19.1 Å². The highest BCUT2D eigenvalue weighted by Crippen LogP contribution is 2.34. The summed E-state index contributed by atoms with van der Waals surface area (Å²) in [5, 5.41) is 3.40. The van der Waals surface area contributed by atoms with E-state index in [4.69, 9.17) is 20.3 Å². The van der Waals surface area contributed by atoms with Crippen molar-refractivity contribution in [2.45, 2.75) is 51.3 Å². The molecule has 2 heterocycles. The lowest BCUT2D eigenvalue weighted by molar-refractivity contribution is 0.0764. The Bertz CT molecular complexity index is 785. The van der Waals surface area contributed by atoms with E-state index in [1.54, 1.807) is 17.8 Å². The van der Waals surface area contributed by atoms with Crippen LogP contribution in [-0.4, -0.2) is 47.8 Å². The van der Waals surface area contributed by atoms with Gasteiger partial charge in [-0.3, -0.25) is 4.57 Å². The van der Waals surface area contributed by atoms with Crippen LogP contribution in [0.1, 0.15) is 32.6 Å². The van der Waals surface area contributed by atoms with Crippen LogP contribution in [0.2, 0.25) is 0 Å². The number of imidazole rings is 1. The van der Waals surface area contributed by atoms with Crippen molar-refractivity contribution in [2.75, 3.05) is 17.4 Å². The van der Waals surface area contributed by atoms with Gasteiger partial charge in [0.1, 0.15) is 6.35 Å². The standard InChI is InChI=1S/C14H23N6O4P/c1-9(24-8-25(21,22)23)6-20-7-16-11-12(17-10-4-2-3-5-10)18-14(15)19-13(11)20/h7,9-10H,2-6,8H2,1H3,(H2,21,22,23)(H3,15,17,18,19)/t9-/m1/s1. The highest BCUT2D eigenvalue weighted by atomic mass is 31.2. The maximum Gasteiger partial charge on any atom is 0.350 e. The van der Waals surface area contributed by atoms with Crippen molar-refractivity contribution in [2.24, 2.45) is 0 Å². The van der Waals surface area contributed by atoms with Gasteiger partial charge in [0, 0.05) is 6.04 Å². The second-order valence-corrected chi connectivity index (χ2v) is 7.98. The maximum absolute atomic E-state index is 10.9. The van der Waals surface area contributed by atoms with Gasteiger partial charge < -0.3 is 30.1 Å². The number of aromatic nitrogens is 4. The molecule has 1 fully saturated rings. The van der Waals surface area contributed by atoms with Gasteiger partial charge in [-0.2, -0.15) is 9.97 Å². The number of fused-ring (bicyclic) bond motifs is 1. The Morgan fingerprint density at radius 2 is 2.16 bits per heavy atom. The zero-order valence-corrected chi connectivity index (χ0v) is 14.9. The lowest BCUT2D eigenvalue weighted by Gasteiger charge is -2.15. The number of anilines is 2. The van der Waals surface area contributed by atoms with Crippen molar-refractivity contribution in [1.82, 2.24) is 19.5 Å². The van der Waals surface area contributed by atoms with Crippen molar-refractivity contribution in [3.8, 4) is 0 Å². The molecule has 1 aliphatic rings. The molecule has 1 saturated carbocycles. The van der Waals surface area contributed by atoms with E-state index < -0.39 is 20.0 Å². The van der Waals surface area contributed by atoms with Crippen LogP contribution < -0.4 is 11.1 Å². The van der Waals surface area contributed by atoms with Crippen LogP contribution in [0.3, 0.4) is 0 Å². The summed E-state index contributed by atoms with van der Waals surface area (Å²) in [4.78, 5) is 30.7. The predicted octanol–water partition coefficient (Wildman–Crippen LogP) is 1.30. The summed E-state index contributed by atoms with van der Waals surface area (Å²) >= 11 is 0. The number of nitrogens with one attached hydrogen (secondary N) is 1. The van der Waals surface area contributed by atoms with E-state index >= 15 is 0 Å². The molecule has 0 radical (unpaired) electrons. The Kier molecular flexibility index (Phi) is 5.24. The fourth-order valence-electron chi connectivity index (χ4n) is 3.01. The summed E-state index contributed by atoms with van der Waals surface area (Å²) in [5.41, 5.74) is 7.03. The monoisotopic (exact) mass is 370 g/mol. The first-order valence-corrected chi connectivity index (χ1v) is 10.0. The summed E-state index contributed by atoms with van der Waals surface area (Å²) in [5.74, 6) is 0.774. The number of nitrogen functional groups attached to an aromatic ring is 1. The molecule has 0 saturated heterocycles. The van der Waals surface area contributed by atoms with Crippen LogP contribution >= 0.6 is 7.60 Å². The van der Waals surface area contributed by atoms with Crippen LogP contribution in [-0.2, 0) is 15.8 Å². The Balaban J connectivity index is 1.78. The Morgan fingerprint density at radius 1 is 1.44 bits per heavy atom. The average molecular weight is 370 g/mol. The molecule has 11 heteroatoms. The molecule has 2 aromatic heterocycles. The quantitative estimate of drug-likeness (QED) is 0.529. The van der Waals surface area contributed by atoms with Crippen LogP contribution in [0.15, 0.2) is 6.33 Å². The maximum atomic E-state index is 10.9. The lowest BCUT2D eigenvalue weighted by atomic mass is 10.2. The molecule has 10 nitrogen and oxygen atoms in total. The van der Waals surface area contributed by atoms with Crippen molar-refractivity contribution in [3.05, 3.63) is 6.33 Å². The van der Waals surface area contributed by atoms with E-state index in [1.807, 2.05) is 0 Å². The molecule has 3 rings (SSSR count). The molecule has 0 amide bonds. The SMILES string of the molecule is C[C@H](Cn1cnc2c(NC3CCCC3)nc(N)nc21)OCP(=O)(O)O. The molecule has 2 aromatic rings. The molecule has 0 spiro atoms. The molecule has 1 atom stereocenters. The van der Waals surface area contributed by atoms with Crippen molar-refractivity contribution in [3.63, 3.8) is 0 Å². The summed E-state index contributed by atoms with van der Waals surface area (Å²) in [6.45, 7) is 2.07. The highest BCUT2D eigenvalue weighted by molar-refractivity contribution is 7.51. The fraction of sp³-hybridized carbons (Fsp3) is 0.643. The van der Waals surface area contributed by atoms with Gasteiger partial charge in [-0.15, -0.1) is 0 Å². The van der Waals surface area contributed by atoms with E-state index in [0.717, 1.165) is 12.8 Å². The summed E-state index contributed by atoms with van der Waals surface area (Å²) < 4.78 is 17.9. The van der Waals surface area contributed by atoms with E-state index in [9.17, 15) is 4.57 Å². The normalized spacial score (nSPS) is 17.2. The first-order chi connectivity index (χ1) is 11.8. The van der Waals surface area contributed by atoms with Gasteiger partial charge in [-0.25, -0.2) is 4.98 Å². The number of rotatable bonds is 7. The number of hydrogen-bond donors (Lipinski definition) is 4. The fourth-order valence-corrected chi connectivity index (χ4v) is 3.46. The van der Waals surface area contributed by atoms with Crippen LogP contribution in [0, 0.1) is 0 Å². The molecular formula is C14H23N6O4P. The molecule has 1 aliphatic carbocycles. The van der Waals surface area contributed by atoms with Gasteiger partial charge in [0.2, 0.25) is 5.95 Å². The van der Waals surface area contributed by atoms with Gasteiger partial charge in [0.15, 0.2) is 17.0 Å². The van der Waals surface area contributed by atoms with Gasteiger partial charge in [0.25, 0.3) is 0 Å². The van der Waals surface area contributed by atoms with E-state index in [-0.39, 0.29) is 5.95 Å². The third kappa shape index (κ3) is 4.66. The van der Waals surface area contributed by atoms with Gasteiger partial charge in [-0.05, 0) is 19.8 Å². The Labute approximate surface area is 145 Å². The summed E-state index contributed by atoms with van der Waals surface area (Å²) in [6, 6.07) is 0.369. The molecule has 25 heavy (non-hydrogen) atoms. The Morgan fingerprint density at radius 3 is 2.84 bits per heavy atom. The molecule has 5 N–H and O–H groups in total. The third-order valence-electron chi connectivity index (χ3n) is 4.16. The van der Waals surface area contributed by atoms with Gasteiger partial charge in [-0.1, -0.05) is 12.8 Å². The molecule has 138 valence electrons. The zero-order chi connectivity index (χ0) is 18.0. The van der Waals surface area contributed by atoms with Gasteiger partial charge >= 0.3 is 7.60 Å². The predicted molar refractivity (Wildman–Crippen MR) is 93.1 cm³/mol. The van der Waals surface area contributed by atoms with Crippen LogP contribution in [0.25, 0.3) is 11.2 Å².